The molecular formula is C6H13Cl3. The maximum atomic E-state index is 4.81. The van der Waals surface area contributed by atoms with E-state index in [1.807, 2.05) is 0 Å². The highest BCUT2D eigenvalue weighted by Crippen LogP contribution is 2.03. The van der Waals surface area contributed by atoms with Gasteiger partial charge in [0.05, 0.1) is 0 Å². The number of rotatable bonds is 1. The lowest BCUT2D eigenvalue weighted by molar-refractivity contribution is 0.626. The SMILES string of the molecule is CCC(C)C.ClC(Cl)Cl. The Balaban J connectivity index is 0. The standard InChI is InChI=1S/C5H12.CHCl3/c1-4-5(2)3;2-1(3)4/h5H,4H2,1-3H3;1H. The minimum atomic E-state index is -0.750. The minimum absolute atomic E-state index is 0.750. The Kier molecular flexibility index (Phi) is 12.4. The lowest BCUT2D eigenvalue weighted by Crippen LogP contribution is -1.77. The van der Waals surface area contributed by atoms with Gasteiger partial charge in [0.25, 0.3) is 0 Å². The molecule has 0 unspecified atom stereocenters. The summed E-state index contributed by atoms with van der Waals surface area (Å²) in [7, 11) is 0. The summed E-state index contributed by atoms with van der Waals surface area (Å²) >= 11 is 14.4. The van der Waals surface area contributed by atoms with Crippen LogP contribution in [0.3, 0.4) is 0 Å². The molecule has 0 saturated carbocycles. The van der Waals surface area contributed by atoms with E-state index in [4.69, 9.17) is 34.8 Å². The first kappa shape index (κ1) is 12.5. The fourth-order valence-electron chi connectivity index (χ4n) is 0. The molecule has 0 aliphatic carbocycles. The fraction of sp³-hybridized carbons (Fsp3) is 1.00. The second-order valence-electron chi connectivity index (χ2n) is 2.05. The second-order valence-corrected chi connectivity index (χ2v) is 4.03. The van der Waals surface area contributed by atoms with E-state index in [0.29, 0.717) is 0 Å². The summed E-state index contributed by atoms with van der Waals surface area (Å²) in [6, 6.07) is 0. The smallest absolute Gasteiger partial charge is 0.0874 e. The van der Waals surface area contributed by atoms with Crippen LogP contribution < -0.4 is 0 Å². The highest BCUT2D eigenvalue weighted by molar-refractivity contribution is 6.63. The summed E-state index contributed by atoms with van der Waals surface area (Å²) in [6.45, 7) is 6.64. The molecule has 0 aromatic carbocycles. The molecule has 0 amide bonds. The molecule has 0 radical (unpaired) electrons. The van der Waals surface area contributed by atoms with Crippen LogP contribution >= 0.6 is 34.8 Å². The number of alkyl halides is 3. The van der Waals surface area contributed by atoms with Gasteiger partial charge in [-0.2, -0.15) is 0 Å². The van der Waals surface area contributed by atoms with E-state index in [1.54, 1.807) is 0 Å². The maximum absolute atomic E-state index is 4.81. The highest BCUT2D eigenvalue weighted by atomic mass is 35.6. The van der Waals surface area contributed by atoms with E-state index >= 15 is 0 Å². The monoisotopic (exact) mass is 190 g/mol. The zero-order valence-corrected chi connectivity index (χ0v) is 8.26. The topological polar surface area (TPSA) is 0 Å². The van der Waals surface area contributed by atoms with E-state index in [9.17, 15) is 0 Å². The van der Waals surface area contributed by atoms with Crippen molar-refractivity contribution in [3.63, 3.8) is 0 Å². The molecule has 0 spiro atoms. The molecule has 0 aromatic heterocycles. The molecule has 0 saturated heterocycles. The Bertz CT molecular complexity index is 40.8. The molecule has 0 heterocycles. The number of hydrogen-bond donors (Lipinski definition) is 0. The van der Waals surface area contributed by atoms with Crippen molar-refractivity contribution in [3.05, 3.63) is 0 Å². The Hall–Kier alpha value is 0.870. The average molecular weight is 192 g/mol. The quantitative estimate of drug-likeness (QED) is 0.549. The highest BCUT2D eigenvalue weighted by Gasteiger charge is 1.80. The van der Waals surface area contributed by atoms with Crippen LogP contribution in [0.5, 0.6) is 0 Å². The maximum Gasteiger partial charge on any atom is 0.180 e. The first-order valence-electron chi connectivity index (χ1n) is 2.92. The van der Waals surface area contributed by atoms with Crippen molar-refractivity contribution in [1.29, 1.82) is 0 Å². The van der Waals surface area contributed by atoms with Gasteiger partial charge in [-0.1, -0.05) is 62.0 Å². The summed E-state index contributed by atoms with van der Waals surface area (Å²) in [5.41, 5.74) is 0. The molecular weight excluding hydrogens is 178 g/mol. The molecule has 0 bridgehead atoms. The summed E-state index contributed by atoms with van der Waals surface area (Å²) in [5, 5.41) is 0. The van der Waals surface area contributed by atoms with Gasteiger partial charge in [-0.25, -0.2) is 0 Å². The summed E-state index contributed by atoms with van der Waals surface area (Å²) in [4.78, 5) is 0. The van der Waals surface area contributed by atoms with E-state index in [0.717, 1.165) is 5.92 Å². The van der Waals surface area contributed by atoms with Crippen LogP contribution in [-0.2, 0) is 0 Å². The van der Waals surface area contributed by atoms with Crippen molar-refractivity contribution >= 4 is 34.8 Å². The Morgan fingerprint density at radius 1 is 1.11 bits per heavy atom. The van der Waals surface area contributed by atoms with Crippen LogP contribution in [0.4, 0.5) is 0 Å². The molecule has 0 aliphatic heterocycles. The lowest BCUT2D eigenvalue weighted by Gasteiger charge is -1.90. The molecule has 0 fully saturated rings. The first-order chi connectivity index (χ1) is 4.00. The van der Waals surface area contributed by atoms with Gasteiger partial charge < -0.3 is 0 Å². The Morgan fingerprint density at radius 2 is 1.22 bits per heavy atom. The van der Waals surface area contributed by atoms with Crippen LogP contribution in [0.1, 0.15) is 27.2 Å². The van der Waals surface area contributed by atoms with Gasteiger partial charge in [-0.3, -0.25) is 0 Å². The van der Waals surface area contributed by atoms with Crippen LogP contribution in [0.15, 0.2) is 0 Å². The second kappa shape index (κ2) is 8.87. The third-order valence-corrected chi connectivity index (χ3v) is 0.816. The average Bonchev–Trinajstić information content (AvgIpc) is 1.65. The summed E-state index contributed by atoms with van der Waals surface area (Å²) in [5.74, 6) is 0.884. The molecule has 0 aliphatic rings. The van der Waals surface area contributed by atoms with Crippen molar-refractivity contribution in [1.82, 2.24) is 0 Å². The van der Waals surface area contributed by atoms with E-state index in [2.05, 4.69) is 20.8 Å². The van der Waals surface area contributed by atoms with E-state index in [-0.39, 0.29) is 0 Å². The van der Waals surface area contributed by atoms with Crippen molar-refractivity contribution < 1.29 is 0 Å². The van der Waals surface area contributed by atoms with Crippen LogP contribution in [0.25, 0.3) is 0 Å². The van der Waals surface area contributed by atoms with Crippen molar-refractivity contribution in [2.75, 3.05) is 0 Å². The third kappa shape index (κ3) is 50.8. The predicted molar refractivity (Wildman–Crippen MR) is 46.5 cm³/mol. The molecule has 0 atom stereocenters. The zero-order valence-electron chi connectivity index (χ0n) is 6.00. The van der Waals surface area contributed by atoms with Crippen molar-refractivity contribution in [3.8, 4) is 0 Å². The number of halogens is 3. The molecule has 9 heavy (non-hydrogen) atoms. The molecule has 0 N–H and O–H groups in total. The van der Waals surface area contributed by atoms with Crippen molar-refractivity contribution in [2.45, 2.75) is 31.5 Å². The molecule has 0 aromatic rings. The van der Waals surface area contributed by atoms with Gasteiger partial charge in [0.15, 0.2) is 4.30 Å². The lowest BCUT2D eigenvalue weighted by atomic mass is 10.2. The zero-order chi connectivity index (χ0) is 7.86. The Labute approximate surface area is 72.5 Å². The predicted octanol–water partition coefficient (Wildman–Crippen LogP) is 4.04. The van der Waals surface area contributed by atoms with E-state index < -0.39 is 4.30 Å². The van der Waals surface area contributed by atoms with E-state index in [1.165, 1.54) is 6.42 Å². The van der Waals surface area contributed by atoms with Gasteiger partial charge >= 0.3 is 0 Å². The summed E-state index contributed by atoms with van der Waals surface area (Å²) < 4.78 is -0.750. The van der Waals surface area contributed by atoms with Crippen LogP contribution in [0.2, 0.25) is 0 Å². The molecule has 58 valence electrons. The van der Waals surface area contributed by atoms with Gasteiger partial charge in [-0.05, 0) is 5.92 Å². The largest absolute Gasteiger partial charge is 0.180 e. The third-order valence-electron chi connectivity index (χ3n) is 0.816. The molecule has 0 nitrogen and oxygen atoms in total. The van der Waals surface area contributed by atoms with Gasteiger partial charge in [-0.15, -0.1) is 0 Å². The van der Waals surface area contributed by atoms with Crippen LogP contribution in [0, 0.1) is 5.92 Å². The summed E-state index contributed by atoms with van der Waals surface area (Å²) in [6.07, 6.45) is 1.31. The molecule has 0 rings (SSSR count). The Morgan fingerprint density at radius 3 is 1.22 bits per heavy atom. The van der Waals surface area contributed by atoms with Gasteiger partial charge in [0.1, 0.15) is 0 Å². The van der Waals surface area contributed by atoms with Crippen LogP contribution in [-0.4, -0.2) is 4.30 Å². The van der Waals surface area contributed by atoms with Gasteiger partial charge in [0.2, 0.25) is 0 Å². The fourth-order valence-corrected chi connectivity index (χ4v) is 0. The van der Waals surface area contributed by atoms with Gasteiger partial charge in [0, 0.05) is 0 Å². The first-order valence-corrected chi connectivity index (χ1v) is 4.23. The normalized spacial score (nSPS) is 9.33. The van der Waals surface area contributed by atoms with Crippen molar-refractivity contribution in [2.24, 2.45) is 5.92 Å². The number of hydrogen-bond acceptors (Lipinski definition) is 0. The molecule has 3 heteroatoms. The minimum Gasteiger partial charge on any atom is -0.0874 e.